The smallest absolute Gasteiger partial charge is 0.246 e. The van der Waals surface area contributed by atoms with Crippen LogP contribution in [0.5, 0.6) is 0 Å². The molecule has 0 spiro atoms. The first kappa shape index (κ1) is 21.5. The Hall–Kier alpha value is -1.18. The van der Waals surface area contributed by atoms with Crippen LogP contribution in [0.2, 0.25) is 0 Å². The molecule has 0 radical (unpaired) electrons. The normalized spacial score (nSPS) is 35.2. The molecule has 0 aliphatic heterocycles. The third-order valence-corrected chi connectivity index (χ3v) is 6.81. The zero-order valence-electron chi connectivity index (χ0n) is 17.2. The van der Waals surface area contributed by atoms with Gasteiger partial charge < -0.3 is 25.8 Å². The van der Waals surface area contributed by atoms with Gasteiger partial charge in [-0.1, -0.05) is 6.42 Å². The molecule has 0 heterocycles. The van der Waals surface area contributed by atoms with Crippen molar-refractivity contribution in [2.75, 3.05) is 26.9 Å². The summed E-state index contributed by atoms with van der Waals surface area (Å²) in [5, 5.41) is 6.42. The molecule has 3 aliphatic rings. The minimum absolute atomic E-state index is 0.0658. The fourth-order valence-electron chi connectivity index (χ4n) is 5.38. The van der Waals surface area contributed by atoms with E-state index in [0.717, 1.165) is 38.5 Å². The van der Waals surface area contributed by atoms with Gasteiger partial charge in [0.25, 0.3) is 0 Å². The average molecular weight is 396 g/mol. The van der Waals surface area contributed by atoms with Gasteiger partial charge in [0.1, 0.15) is 6.61 Å². The maximum absolute atomic E-state index is 12.8. The van der Waals surface area contributed by atoms with Crippen LogP contribution in [-0.4, -0.2) is 56.9 Å². The van der Waals surface area contributed by atoms with Gasteiger partial charge in [0, 0.05) is 31.2 Å². The second kappa shape index (κ2) is 10.6. The second-order valence-electron chi connectivity index (χ2n) is 8.88. The van der Waals surface area contributed by atoms with Gasteiger partial charge in [-0.05, 0) is 63.2 Å². The van der Waals surface area contributed by atoms with Crippen LogP contribution in [-0.2, 0) is 19.1 Å². The van der Waals surface area contributed by atoms with E-state index in [9.17, 15) is 9.59 Å². The number of ether oxygens (including phenoxy) is 2. The van der Waals surface area contributed by atoms with Gasteiger partial charge >= 0.3 is 0 Å². The minimum Gasteiger partial charge on any atom is -0.382 e. The van der Waals surface area contributed by atoms with E-state index in [4.69, 9.17) is 15.2 Å². The lowest BCUT2D eigenvalue weighted by atomic mass is 9.67. The van der Waals surface area contributed by atoms with Crippen molar-refractivity contribution in [3.63, 3.8) is 0 Å². The summed E-state index contributed by atoms with van der Waals surface area (Å²) in [5.74, 6) is 1.31. The summed E-state index contributed by atoms with van der Waals surface area (Å²) in [7, 11) is 1.60. The molecular formula is C21H37N3O4. The van der Waals surface area contributed by atoms with Crippen molar-refractivity contribution in [1.82, 2.24) is 10.6 Å². The first-order chi connectivity index (χ1) is 13.6. The van der Waals surface area contributed by atoms with E-state index in [0.29, 0.717) is 37.1 Å². The summed E-state index contributed by atoms with van der Waals surface area (Å²) in [5.41, 5.74) is 6.20. The maximum Gasteiger partial charge on any atom is 0.246 e. The summed E-state index contributed by atoms with van der Waals surface area (Å²) in [6.45, 7) is 0.976. The lowest BCUT2D eigenvalue weighted by Gasteiger charge is -2.45. The highest BCUT2D eigenvalue weighted by atomic mass is 16.5. The summed E-state index contributed by atoms with van der Waals surface area (Å²) in [6, 6.07) is 0.776. The third kappa shape index (κ3) is 5.91. The van der Waals surface area contributed by atoms with Crippen LogP contribution < -0.4 is 16.4 Å². The number of amides is 2. The standard InChI is InChI=1S/C21H37N3O4/c1-27-9-10-28-13-19(25)23-18-7-5-14(6-8-18)21(26)24-20-15-3-2-4-16(20)12-17(22)11-15/h14-18,20H,2-13,22H2,1H3,(H,23,25)(H,24,26). The fourth-order valence-corrected chi connectivity index (χ4v) is 5.38. The van der Waals surface area contributed by atoms with Gasteiger partial charge in [-0.2, -0.15) is 0 Å². The number of nitrogens with one attached hydrogen (secondary N) is 2. The summed E-state index contributed by atoms with van der Waals surface area (Å²) < 4.78 is 10.1. The molecule has 4 N–H and O–H groups in total. The molecule has 0 aromatic rings. The molecule has 160 valence electrons. The maximum atomic E-state index is 12.8. The average Bonchev–Trinajstić information content (AvgIpc) is 2.66. The Morgan fingerprint density at radius 1 is 0.964 bits per heavy atom. The van der Waals surface area contributed by atoms with Gasteiger partial charge in [-0.3, -0.25) is 9.59 Å². The lowest BCUT2D eigenvalue weighted by molar-refractivity contribution is -0.129. The Morgan fingerprint density at radius 3 is 2.29 bits per heavy atom. The SMILES string of the molecule is COCCOCC(=O)NC1CCC(C(=O)NC2C3CCCC2CC(N)C3)CC1. The summed E-state index contributed by atoms with van der Waals surface area (Å²) in [4.78, 5) is 24.8. The molecular weight excluding hydrogens is 358 g/mol. The summed E-state index contributed by atoms with van der Waals surface area (Å²) in [6.07, 6.45) is 9.13. The summed E-state index contributed by atoms with van der Waals surface area (Å²) >= 11 is 0. The van der Waals surface area contributed by atoms with Gasteiger partial charge in [0.05, 0.1) is 13.2 Å². The molecule has 0 aromatic heterocycles. The molecule has 3 rings (SSSR count). The molecule has 0 saturated heterocycles. The molecule has 2 atom stereocenters. The van der Waals surface area contributed by atoms with E-state index in [2.05, 4.69) is 10.6 Å². The van der Waals surface area contributed by atoms with E-state index < -0.39 is 0 Å². The molecule has 28 heavy (non-hydrogen) atoms. The largest absolute Gasteiger partial charge is 0.382 e. The van der Waals surface area contributed by atoms with Gasteiger partial charge in [-0.15, -0.1) is 0 Å². The van der Waals surface area contributed by atoms with Gasteiger partial charge in [0.2, 0.25) is 11.8 Å². The van der Waals surface area contributed by atoms with Crippen LogP contribution in [0, 0.1) is 17.8 Å². The van der Waals surface area contributed by atoms with Crippen molar-refractivity contribution in [3.8, 4) is 0 Å². The molecule has 7 heteroatoms. The molecule has 3 aliphatic carbocycles. The Labute approximate surface area is 168 Å². The predicted molar refractivity (Wildman–Crippen MR) is 107 cm³/mol. The number of carbonyl (C=O) groups is 2. The first-order valence-electron chi connectivity index (χ1n) is 11.0. The van der Waals surface area contributed by atoms with Crippen LogP contribution in [0.4, 0.5) is 0 Å². The highest BCUT2D eigenvalue weighted by molar-refractivity contribution is 5.79. The highest BCUT2D eigenvalue weighted by Gasteiger charge is 2.40. The molecule has 2 amide bonds. The van der Waals surface area contributed by atoms with Crippen molar-refractivity contribution in [2.45, 2.75) is 75.9 Å². The zero-order valence-corrected chi connectivity index (χ0v) is 17.2. The number of nitrogens with two attached hydrogens (primary N) is 1. The molecule has 3 fully saturated rings. The van der Waals surface area contributed by atoms with E-state index in [1.807, 2.05) is 0 Å². The minimum atomic E-state index is -0.0876. The number of rotatable bonds is 8. The first-order valence-corrected chi connectivity index (χ1v) is 11.0. The van der Waals surface area contributed by atoms with E-state index in [1.54, 1.807) is 7.11 Å². The van der Waals surface area contributed by atoms with Crippen molar-refractivity contribution in [1.29, 1.82) is 0 Å². The Kier molecular flexibility index (Phi) is 8.11. The second-order valence-corrected chi connectivity index (χ2v) is 8.88. The Bertz CT molecular complexity index is 508. The lowest BCUT2D eigenvalue weighted by Crippen LogP contribution is -2.55. The van der Waals surface area contributed by atoms with Crippen molar-refractivity contribution < 1.29 is 19.1 Å². The topological polar surface area (TPSA) is 103 Å². The highest BCUT2D eigenvalue weighted by Crippen LogP contribution is 2.40. The number of methoxy groups -OCH3 is 1. The van der Waals surface area contributed by atoms with Crippen LogP contribution >= 0.6 is 0 Å². The zero-order chi connectivity index (χ0) is 19.9. The molecule has 0 aromatic carbocycles. The Morgan fingerprint density at radius 2 is 1.64 bits per heavy atom. The number of hydrogen-bond donors (Lipinski definition) is 3. The van der Waals surface area contributed by atoms with Crippen molar-refractivity contribution >= 4 is 11.8 Å². The van der Waals surface area contributed by atoms with Crippen LogP contribution in [0.25, 0.3) is 0 Å². The molecule has 2 unspecified atom stereocenters. The van der Waals surface area contributed by atoms with E-state index >= 15 is 0 Å². The number of hydrogen-bond acceptors (Lipinski definition) is 5. The fraction of sp³-hybridized carbons (Fsp3) is 0.905. The van der Waals surface area contributed by atoms with Crippen LogP contribution in [0.15, 0.2) is 0 Å². The quantitative estimate of drug-likeness (QED) is 0.538. The Balaban J connectivity index is 1.37. The monoisotopic (exact) mass is 395 g/mol. The number of fused-ring (bicyclic) bond motifs is 2. The van der Waals surface area contributed by atoms with E-state index in [1.165, 1.54) is 19.3 Å². The molecule has 2 bridgehead atoms. The van der Waals surface area contributed by atoms with E-state index in [-0.39, 0.29) is 30.4 Å². The van der Waals surface area contributed by atoms with Crippen LogP contribution in [0.1, 0.15) is 57.8 Å². The number of carbonyl (C=O) groups excluding carboxylic acids is 2. The van der Waals surface area contributed by atoms with Gasteiger partial charge in [-0.25, -0.2) is 0 Å². The molecule has 3 saturated carbocycles. The predicted octanol–water partition coefficient (Wildman–Crippen LogP) is 1.35. The molecule has 7 nitrogen and oxygen atoms in total. The van der Waals surface area contributed by atoms with Gasteiger partial charge in [0.15, 0.2) is 0 Å². The van der Waals surface area contributed by atoms with Crippen molar-refractivity contribution in [3.05, 3.63) is 0 Å². The van der Waals surface area contributed by atoms with Crippen LogP contribution in [0.3, 0.4) is 0 Å². The van der Waals surface area contributed by atoms with Crippen molar-refractivity contribution in [2.24, 2.45) is 23.5 Å². The third-order valence-electron chi connectivity index (χ3n) is 6.81.